The molecule has 0 saturated carbocycles. The number of carbonyl (C=O) groups excluding carboxylic acids is 1. The predicted molar refractivity (Wildman–Crippen MR) is 65.5 cm³/mol. The lowest BCUT2D eigenvalue weighted by Crippen LogP contribution is -2.25. The molecule has 1 heterocycles. The van der Waals surface area contributed by atoms with Gasteiger partial charge >= 0.3 is 5.97 Å². The van der Waals surface area contributed by atoms with Gasteiger partial charge in [0.2, 0.25) is 5.76 Å². The maximum Gasteiger partial charge on any atom is 0.371 e. The Bertz CT molecular complexity index is 413. The molecule has 0 saturated heterocycles. The Hall–Kier alpha value is -1.69. The van der Waals surface area contributed by atoms with Gasteiger partial charge in [-0.2, -0.15) is 11.8 Å². The molecule has 1 rings (SSSR count). The molecule has 1 aromatic rings. The summed E-state index contributed by atoms with van der Waals surface area (Å²) in [7, 11) is 0. The Morgan fingerprint density at radius 1 is 1.47 bits per heavy atom. The van der Waals surface area contributed by atoms with E-state index in [4.69, 9.17) is 9.52 Å². The van der Waals surface area contributed by atoms with E-state index in [-0.39, 0.29) is 11.5 Å². The van der Waals surface area contributed by atoms with Crippen LogP contribution in [0.2, 0.25) is 0 Å². The molecular formula is C11H13NO4S. The van der Waals surface area contributed by atoms with Gasteiger partial charge in [-0.25, -0.2) is 4.79 Å². The van der Waals surface area contributed by atoms with Crippen LogP contribution in [0.4, 0.5) is 0 Å². The lowest BCUT2D eigenvalue weighted by molar-refractivity contribution is 0.0659. The highest BCUT2D eigenvalue weighted by molar-refractivity contribution is 7.99. The molecule has 1 aromatic heterocycles. The minimum Gasteiger partial charge on any atom is -0.475 e. The smallest absolute Gasteiger partial charge is 0.371 e. The monoisotopic (exact) mass is 255 g/mol. The Balaban J connectivity index is 2.36. The summed E-state index contributed by atoms with van der Waals surface area (Å²) in [4.78, 5) is 22.0. The average molecular weight is 255 g/mol. The molecule has 0 aliphatic carbocycles. The summed E-state index contributed by atoms with van der Waals surface area (Å²) >= 11 is 1.64. The van der Waals surface area contributed by atoms with E-state index in [1.54, 1.807) is 17.8 Å². The lowest BCUT2D eigenvalue weighted by atomic mass is 10.4. The van der Waals surface area contributed by atoms with Crippen LogP contribution in [0, 0.1) is 0 Å². The summed E-state index contributed by atoms with van der Waals surface area (Å²) < 4.78 is 4.85. The summed E-state index contributed by atoms with van der Waals surface area (Å²) in [6, 6.07) is 2.60. The van der Waals surface area contributed by atoms with Crippen molar-refractivity contribution in [3.05, 3.63) is 36.3 Å². The average Bonchev–Trinajstić information content (AvgIpc) is 2.78. The first-order valence-corrected chi connectivity index (χ1v) is 6.10. The summed E-state index contributed by atoms with van der Waals surface area (Å²) in [5, 5.41) is 11.2. The van der Waals surface area contributed by atoms with Crippen LogP contribution in [0.25, 0.3) is 0 Å². The highest BCUT2D eigenvalue weighted by Crippen LogP contribution is 2.07. The number of nitrogens with one attached hydrogen (secondary N) is 1. The molecule has 2 N–H and O–H groups in total. The molecule has 0 atom stereocenters. The van der Waals surface area contributed by atoms with Gasteiger partial charge in [-0.1, -0.05) is 6.08 Å². The third-order valence-electron chi connectivity index (χ3n) is 1.81. The van der Waals surface area contributed by atoms with E-state index in [1.807, 2.05) is 0 Å². The number of thioether (sulfide) groups is 1. The standard InChI is InChI=1S/C11H13NO4S/c1-2-6-17-7-5-12-10(13)8-3-4-9(16-8)11(14)15/h2-4H,1,5-7H2,(H,12,13)(H,14,15). The number of carbonyl (C=O) groups is 2. The molecule has 0 fully saturated rings. The van der Waals surface area contributed by atoms with Gasteiger partial charge in [-0.15, -0.1) is 6.58 Å². The normalized spacial score (nSPS) is 9.88. The van der Waals surface area contributed by atoms with Crippen molar-refractivity contribution in [2.75, 3.05) is 18.1 Å². The number of carboxylic acids is 1. The fourth-order valence-electron chi connectivity index (χ4n) is 1.07. The third-order valence-corrected chi connectivity index (χ3v) is 2.77. The van der Waals surface area contributed by atoms with Crippen molar-refractivity contribution in [3.63, 3.8) is 0 Å². The molecule has 0 spiro atoms. The summed E-state index contributed by atoms with van der Waals surface area (Å²) in [5.74, 6) is -0.223. The molecule has 6 heteroatoms. The molecule has 0 aliphatic rings. The van der Waals surface area contributed by atoms with Crippen molar-refractivity contribution in [3.8, 4) is 0 Å². The van der Waals surface area contributed by atoms with E-state index in [0.717, 1.165) is 11.5 Å². The zero-order chi connectivity index (χ0) is 12.7. The Morgan fingerprint density at radius 2 is 2.18 bits per heavy atom. The van der Waals surface area contributed by atoms with Gasteiger partial charge in [0.05, 0.1) is 0 Å². The van der Waals surface area contributed by atoms with E-state index in [9.17, 15) is 9.59 Å². The molecular weight excluding hydrogens is 242 g/mol. The van der Waals surface area contributed by atoms with Crippen molar-refractivity contribution >= 4 is 23.6 Å². The second-order valence-corrected chi connectivity index (χ2v) is 4.24. The number of carboxylic acid groups (broad SMARTS) is 1. The quantitative estimate of drug-likeness (QED) is 0.571. The van der Waals surface area contributed by atoms with Crippen LogP contribution in [-0.2, 0) is 0 Å². The van der Waals surface area contributed by atoms with Gasteiger partial charge in [-0.05, 0) is 12.1 Å². The second kappa shape index (κ2) is 6.80. The number of rotatable bonds is 7. The molecule has 5 nitrogen and oxygen atoms in total. The van der Waals surface area contributed by atoms with E-state index in [2.05, 4.69) is 11.9 Å². The first-order chi connectivity index (χ1) is 8.15. The van der Waals surface area contributed by atoms with Crippen molar-refractivity contribution in [2.24, 2.45) is 0 Å². The summed E-state index contributed by atoms with van der Waals surface area (Å²) in [6.45, 7) is 4.08. The highest BCUT2D eigenvalue weighted by Gasteiger charge is 2.13. The van der Waals surface area contributed by atoms with Crippen molar-refractivity contribution < 1.29 is 19.1 Å². The Labute approximate surface area is 103 Å². The SMILES string of the molecule is C=CCSCCNC(=O)c1ccc(C(=O)O)o1. The van der Waals surface area contributed by atoms with Crippen LogP contribution in [0.1, 0.15) is 21.1 Å². The molecule has 0 unspecified atom stereocenters. The Kier molecular flexibility index (Phi) is 5.35. The van der Waals surface area contributed by atoms with Gasteiger partial charge in [0, 0.05) is 18.1 Å². The molecule has 0 aliphatic heterocycles. The van der Waals surface area contributed by atoms with Crippen LogP contribution < -0.4 is 5.32 Å². The van der Waals surface area contributed by atoms with Gasteiger partial charge in [0.25, 0.3) is 5.91 Å². The van der Waals surface area contributed by atoms with Gasteiger partial charge in [-0.3, -0.25) is 4.79 Å². The molecule has 0 radical (unpaired) electrons. The van der Waals surface area contributed by atoms with Crippen molar-refractivity contribution in [1.82, 2.24) is 5.32 Å². The maximum atomic E-state index is 11.5. The molecule has 1 amide bonds. The van der Waals surface area contributed by atoms with Gasteiger partial charge < -0.3 is 14.8 Å². The second-order valence-electron chi connectivity index (χ2n) is 3.09. The van der Waals surface area contributed by atoms with Crippen molar-refractivity contribution in [2.45, 2.75) is 0 Å². The van der Waals surface area contributed by atoms with Crippen LogP contribution in [0.5, 0.6) is 0 Å². The fourth-order valence-corrected chi connectivity index (χ4v) is 1.65. The fraction of sp³-hybridized carbons (Fsp3) is 0.273. The highest BCUT2D eigenvalue weighted by atomic mass is 32.2. The number of furan rings is 1. The molecule has 0 aromatic carbocycles. The van der Waals surface area contributed by atoms with Crippen LogP contribution in [0.3, 0.4) is 0 Å². The van der Waals surface area contributed by atoms with Gasteiger partial charge in [0.1, 0.15) is 0 Å². The van der Waals surface area contributed by atoms with E-state index < -0.39 is 11.9 Å². The number of aromatic carboxylic acids is 1. The molecule has 0 bridgehead atoms. The van der Waals surface area contributed by atoms with E-state index in [0.29, 0.717) is 6.54 Å². The zero-order valence-electron chi connectivity index (χ0n) is 9.14. The van der Waals surface area contributed by atoms with E-state index in [1.165, 1.54) is 12.1 Å². The van der Waals surface area contributed by atoms with Crippen LogP contribution in [-0.4, -0.2) is 35.0 Å². The summed E-state index contributed by atoms with van der Waals surface area (Å²) in [6.07, 6.45) is 1.79. The number of hydrogen-bond donors (Lipinski definition) is 2. The lowest BCUT2D eigenvalue weighted by Gasteiger charge is -2.01. The minimum absolute atomic E-state index is 0.0103. The first-order valence-electron chi connectivity index (χ1n) is 4.95. The predicted octanol–water partition coefficient (Wildman–Crippen LogP) is 1.63. The van der Waals surface area contributed by atoms with Crippen LogP contribution >= 0.6 is 11.8 Å². The maximum absolute atomic E-state index is 11.5. The summed E-state index contributed by atoms with van der Waals surface area (Å²) in [5.41, 5.74) is 0. The first kappa shape index (κ1) is 13.4. The van der Waals surface area contributed by atoms with Crippen molar-refractivity contribution in [1.29, 1.82) is 0 Å². The zero-order valence-corrected chi connectivity index (χ0v) is 9.96. The Morgan fingerprint density at radius 3 is 2.76 bits per heavy atom. The third kappa shape index (κ3) is 4.36. The van der Waals surface area contributed by atoms with E-state index >= 15 is 0 Å². The number of amides is 1. The molecule has 17 heavy (non-hydrogen) atoms. The van der Waals surface area contributed by atoms with Gasteiger partial charge in [0.15, 0.2) is 5.76 Å². The number of hydrogen-bond acceptors (Lipinski definition) is 4. The van der Waals surface area contributed by atoms with Crippen LogP contribution in [0.15, 0.2) is 29.2 Å². The molecule has 92 valence electrons. The minimum atomic E-state index is -1.19. The topological polar surface area (TPSA) is 79.5 Å². The largest absolute Gasteiger partial charge is 0.475 e.